The number of aliphatic hydroxyl groups excluding tert-OH is 2. The molecule has 2 rings (SSSR count). The van der Waals surface area contributed by atoms with Crippen LogP contribution in [0.25, 0.3) is 0 Å². The Morgan fingerprint density at radius 2 is 1.00 bits per heavy atom. The quantitative estimate of drug-likeness (QED) is 0.500. The van der Waals surface area contributed by atoms with Crippen molar-refractivity contribution in [3.05, 3.63) is 71.8 Å². The minimum atomic E-state index is -0.607. The fourth-order valence-corrected chi connectivity index (χ4v) is 3.63. The largest absolute Gasteiger partial charge is 0.388 e. The predicted octanol–water partition coefficient (Wildman–Crippen LogP) is 2.91. The number of benzene rings is 2. The summed E-state index contributed by atoms with van der Waals surface area (Å²) in [5, 5.41) is 28.6. The van der Waals surface area contributed by atoms with Gasteiger partial charge in [-0.15, -0.1) is 0 Å². The maximum Gasteiger partial charge on any atom is 0.0822 e. The first kappa shape index (κ1) is 20.6. The maximum atomic E-state index is 11.1. The zero-order valence-corrected chi connectivity index (χ0v) is 15.8. The molecule has 0 aliphatic rings. The molecular formula is C22H32N2O2. The van der Waals surface area contributed by atoms with Crippen LogP contribution in [0.15, 0.2) is 60.7 Å². The average molecular weight is 357 g/mol. The van der Waals surface area contributed by atoms with Gasteiger partial charge in [0.2, 0.25) is 0 Å². The van der Waals surface area contributed by atoms with Gasteiger partial charge in [0.05, 0.1) is 12.2 Å². The van der Waals surface area contributed by atoms with Gasteiger partial charge in [0.25, 0.3) is 0 Å². The SMILES string of the molecule is CNCCC(C(O)c1ccccc1)C(CCNC)C(O)c1ccccc1. The van der Waals surface area contributed by atoms with Gasteiger partial charge < -0.3 is 20.8 Å². The summed E-state index contributed by atoms with van der Waals surface area (Å²) < 4.78 is 0. The van der Waals surface area contributed by atoms with Crippen LogP contribution in [0, 0.1) is 11.8 Å². The van der Waals surface area contributed by atoms with E-state index in [0.29, 0.717) is 0 Å². The Balaban J connectivity index is 2.31. The third-order valence-electron chi connectivity index (χ3n) is 5.10. The van der Waals surface area contributed by atoms with Crippen LogP contribution in [0.3, 0.4) is 0 Å². The van der Waals surface area contributed by atoms with Crippen molar-refractivity contribution in [3.8, 4) is 0 Å². The lowest BCUT2D eigenvalue weighted by molar-refractivity contribution is -0.00270. The van der Waals surface area contributed by atoms with Crippen molar-refractivity contribution >= 4 is 0 Å². The zero-order valence-electron chi connectivity index (χ0n) is 15.8. The number of nitrogens with one attached hydrogen (secondary N) is 2. The fourth-order valence-electron chi connectivity index (χ4n) is 3.63. The third-order valence-corrected chi connectivity index (χ3v) is 5.10. The van der Waals surface area contributed by atoms with Gasteiger partial charge in [-0.25, -0.2) is 0 Å². The summed E-state index contributed by atoms with van der Waals surface area (Å²) in [5.74, 6) is -0.0955. The Labute approximate surface area is 157 Å². The molecule has 142 valence electrons. The molecule has 0 amide bonds. The van der Waals surface area contributed by atoms with E-state index in [1.54, 1.807) is 0 Å². The second-order valence-corrected chi connectivity index (χ2v) is 6.82. The van der Waals surface area contributed by atoms with E-state index in [9.17, 15) is 10.2 Å². The Morgan fingerprint density at radius 3 is 1.31 bits per heavy atom. The van der Waals surface area contributed by atoms with Crippen molar-refractivity contribution in [3.63, 3.8) is 0 Å². The average Bonchev–Trinajstić information content (AvgIpc) is 2.71. The zero-order chi connectivity index (χ0) is 18.8. The molecule has 0 heterocycles. The number of hydrogen-bond acceptors (Lipinski definition) is 4. The first-order valence-electron chi connectivity index (χ1n) is 9.44. The van der Waals surface area contributed by atoms with E-state index in [4.69, 9.17) is 0 Å². The van der Waals surface area contributed by atoms with Crippen molar-refractivity contribution in [2.75, 3.05) is 27.2 Å². The number of hydrogen-bond donors (Lipinski definition) is 4. The molecule has 0 saturated carbocycles. The summed E-state index contributed by atoms with van der Waals surface area (Å²) in [7, 11) is 3.84. The van der Waals surface area contributed by atoms with Crippen molar-refractivity contribution in [2.45, 2.75) is 25.0 Å². The van der Waals surface area contributed by atoms with Gasteiger partial charge in [-0.3, -0.25) is 0 Å². The normalized spacial score (nSPS) is 16.0. The van der Waals surface area contributed by atoms with E-state index in [1.807, 2.05) is 74.8 Å². The lowest BCUT2D eigenvalue weighted by Gasteiger charge is -2.35. The van der Waals surface area contributed by atoms with Gasteiger partial charge in [-0.05, 0) is 63.0 Å². The molecule has 2 aromatic carbocycles. The number of rotatable bonds is 11. The van der Waals surface area contributed by atoms with Gasteiger partial charge >= 0.3 is 0 Å². The van der Waals surface area contributed by atoms with Crippen LogP contribution in [0.5, 0.6) is 0 Å². The van der Waals surface area contributed by atoms with E-state index in [2.05, 4.69) is 10.6 Å². The lowest BCUT2D eigenvalue weighted by Crippen LogP contribution is -2.32. The van der Waals surface area contributed by atoms with Crippen LogP contribution in [-0.4, -0.2) is 37.4 Å². The highest BCUT2D eigenvalue weighted by atomic mass is 16.3. The molecular weight excluding hydrogens is 324 g/mol. The highest BCUT2D eigenvalue weighted by Crippen LogP contribution is 2.39. The Hall–Kier alpha value is -1.72. The molecule has 4 unspecified atom stereocenters. The monoisotopic (exact) mass is 356 g/mol. The molecule has 0 fully saturated rings. The molecule has 4 heteroatoms. The first-order chi connectivity index (χ1) is 12.7. The van der Waals surface area contributed by atoms with E-state index < -0.39 is 12.2 Å². The van der Waals surface area contributed by atoms with E-state index in [1.165, 1.54) is 0 Å². The smallest absolute Gasteiger partial charge is 0.0822 e. The third kappa shape index (κ3) is 5.64. The van der Waals surface area contributed by atoms with Crippen molar-refractivity contribution in [1.82, 2.24) is 10.6 Å². The molecule has 0 spiro atoms. The molecule has 0 saturated heterocycles. The van der Waals surface area contributed by atoms with E-state index in [-0.39, 0.29) is 11.8 Å². The molecule has 4 N–H and O–H groups in total. The van der Waals surface area contributed by atoms with Crippen LogP contribution in [0.2, 0.25) is 0 Å². The molecule has 2 aromatic rings. The molecule has 4 nitrogen and oxygen atoms in total. The molecule has 4 atom stereocenters. The van der Waals surface area contributed by atoms with Crippen LogP contribution in [0.4, 0.5) is 0 Å². The van der Waals surface area contributed by atoms with Gasteiger partial charge in [0.15, 0.2) is 0 Å². The summed E-state index contributed by atoms with van der Waals surface area (Å²) >= 11 is 0. The lowest BCUT2D eigenvalue weighted by atomic mass is 9.75. The summed E-state index contributed by atoms with van der Waals surface area (Å²) in [5.41, 5.74) is 1.81. The van der Waals surface area contributed by atoms with Gasteiger partial charge in [-0.2, -0.15) is 0 Å². The molecule has 0 bridgehead atoms. The molecule has 0 aliphatic heterocycles. The minimum absolute atomic E-state index is 0.0478. The summed E-state index contributed by atoms with van der Waals surface area (Å²) in [4.78, 5) is 0. The standard InChI is InChI=1S/C22H32N2O2/c1-23-15-13-19(21(25)17-9-5-3-6-10-17)20(14-16-24-2)22(26)18-11-7-4-8-12-18/h3-12,19-26H,13-16H2,1-2H3. The summed E-state index contributed by atoms with van der Waals surface area (Å²) in [6.07, 6.45) is 0.380. The molecule has 0 aromatic heterocycles. The van der Waals surface area contributed by atoms with E-state index in [0.717, 1.165) is 37.1 Å². The molecule has 0 radical (unpaired) electrons. The fraction of sp³-hybridized carbons (Fsp3) is 0.455. The molecule has 26 heavy (non-hydrogen) atoms. The topological polar surface area (TPSA) is 64.5 Å². The summed E-state index contributed by atoms with van der Waals surface area (Å²) in [6, 6.07) is 19.5. The first-order valence-corrected chi connectivity index (χ1v) is 9.44. The van der Waals surface area contributed by atoms with Crippen molar-refractivity contribution < 1.29 is 10.2 Å². The van der Waals surface area contributed by atoms with Gasteiger partial charge in [0, 0.05) is 0 Å². The predicted molar refractivity (Wildman–Crippen MR) is 107 cm³/mol. The second-order valence-electron chi connectivity index (χ2n) is 6.82. The highest BCUT2D eigenvalue weighted by Gasteiger charge is 2.34. The second kappa shape index (κ2) is 11.1. The van der Waals surface area contributed by atoms with Gasteiger partial charge in [0.1, 0.15) is 0 Å². The molecule has 0 aliphatic carbocycles. The Morgan fingerprint density at radius 1 is 0.654 bits per heavy atom. The van der Waals surface area contributed by atoms with E-state index >= 15 is 0 Å². The minimum Gasteiger partial charge on any atom is -0.388 e. The Bertz CT molecular complexity index is 551. The maximum absolute atomic E-state index is 11.1. The van der Waals surface area contributed by atoms with Crippen molar-refractivity contribution in [1.29, 1.82) is 0 Å². The van der Waals surface area contributed by atoms with Crippen LogP contribution >= 0.6 is 0 Å². The van der Waals surface area contributed by atoms with Gasteiger partial charge in [-0.1, -0.05) is 60.7 Å². The summed E-state index contributed by atoms with van der Waals surface area (Å²) in [6.45, 7) is 1.60. The Kier molecular flexibility index (Phi) is 8.78. The highest BCUT2D eigenvalue weighted by molar-refractivity contribution is 5.21. The van der Waals surface area contributed by atoms with Crippen LogP contribution in [-0.2, 0) is 0 Å². The van der Waals surface area contributed by atoms with Crippen LogP contribution < -0.4 is 10.6 Å². The van der Waals surface area contributed by atoms with Crippen LogP contribution in [0.1, 0.15) is 36.2 Å². The van der Waals surface area contributed by atoms with Crippen molar-refractivity contribution in [2.24, 2.45) is 11.8 Å². The number of aliphatic hydroxyl groups is 2.